The largest absolute Gasteiger partial charge is 0.489 e. The van der Waals surface area contributed by atoms with Crippen LogP contribution in [0.1, 0.15) is 32.9 Å². The van der Waals surface area contributed by atoms with Crippen LogP contribution in [0.2, 0.25) is 0 Å². The van der Waals surface area contributed by atoms with E-state index in [9.17, 15) is 4.79 Å². The van der Waals surface area contributed by atoms with Gasteiger partial charge in [0.1, 0.15) is 18.1 Å². The van der Waals surface area contributed by atoms with Crippen molar-refractivity contribution in [1.29, 1.82) is 0 Å². The van der Waals surface area contributed by atoms with Crippen molar-refractivity contribution in [2.75, 3.05) is 5.32 Å². The summed E-state index contributed by atoms with van der Waals surface area (Å²) in [6.07, 6.45) is 5.37. The first kappa shape index (κ1) is 17.3. The predicted octanol–water partition coefficient (Wildman–Crippen LogP) is 4.10. The topological polar surface area (TPSA) is 64.4 Å². The number of hydrogen-bond acceptors (Lipinski definition) is 4. The third-order valence-corrected chi connectivity index (χ3v) is 3.97. The monoisotopic (exact) mass is 346 g/mol. The van der Waals surface area contributed by atoms with Crippen LogP contribution in [-0.2, 0) is 6.61 Å². The zero-order valence-corrected chi connectivity index (χ0v) is 14.6. The molecule has 0 spiro atoms. The minimum absolute atomic E-state index is 0.212. The molecule has 1 aromatic heterocycles. The second-order valence-corrected chi connectivity index (χ2v) is 5.80. The molecule has 0 atom stereocenters. The van der Waals surface area contributed by atoms with Gasteiger partial charge in [-0.25, -0.2) is 0 Å². The average Bonchev–Trinajstić information content (AvgIpc) is 2.98. The minimum atomic E-state index is -0.212. The molecule has 3 aromatic rings. The molecular weight excluding hydrogens is 328 g/mol. The fraction of sp³-hybridized carbons (Fsp3) is 0.143. The molecule has 0 aliphatic heterocycles. The zero-order chi connectivity index (χ0) is 18.5. The van der Waals surface area contributed by atoms with Gasteiger partial charge in [0.05, 0.1) is 11.3 Å². The summed E-state index contributed by atoms with van der Waals surface area (Å²) in [4.78, 5) is 12.3. The van der Waals surface area contributed by atoms with Gasteiger partial charge >= 0.3 is 0 Å². The quantitative estimate of drug-likeness (QED) is 0.706. The lowest BCUT2D eigenvalue weighted by Gasteiger charge is -2.08. The van der Waals surface area contributed by atoms with E-state index >= 15 is 0 Å². The number of nitrogens with zero attached hydrogens (tertiary/aromatic N) is 1. The molecule has 0 saturated heterocycles. The second kappa shape index (κ2) is 7.58. The number of aryl methyl sites for hydroxylation is 2. The molecule has 0 aliphatic carbocycles. The van der Waals surface area contributed by atoms with Crippen LogP contribution in [0.3, 0.4) is 0 Å². The predicted molar refractivity (Wildman–Crippen MR) is 99.1 cm³/mol. The van der Waals surface area contributed by atoms with Crippen LogP contribution in [0.5, 0.6) is 5.75 Å². The van der Waals surface area contributed by atoms with E-state index < -0.39 is 0 Å². The Hall–Kier alpha value is -3.52. The SMILES string of the molecule is C#Cc1cccc(NC(=O)c2ccc(OCc3c(C)noc3C)cc2)c1. The Balaban J connectivity index is 1.63. The maximum absolute atomic E-state index is 12.3. The highest BCUT2D eigenvalue weighted by Crippen LogP contribution is 2.19. The number of nitrogens with one attached hydrogen (secondary N) is 1. The van der Waals surface area contributed by atoms with E-state index in [0.29, 0.717) is 29.2 Å². The summed E-state index contributed by atoms with van der Waals surface area (Å²) in [5.41, 5.74) is 3.64. The summed E-state index contributed by atoms with van der Waals surface area (Å²) in [7, 11) is 0. The third kappa shape index (κ3) is 3.93. The number of hydrogen-bond donors (Lipinski definition) is 1. The fourth-order valence-corrected chi connectivity index (χ4v) is 2.46. The molecule has 5 nitrogen and oxygen atoms in total. The smallest absolute Gasteiger partial charge is 0.255 e. The summed E-state index contributed by atoms with van der Waals surface area (Å²) in [6, 6.07) is 14.1. The zero-order valence-electron chi connectivity index (χ0n) is 14.6. The Morgan fingerprint density at radius 3 is 2.65 bits per heavy atom. The molecule has 1 heterocycles. The van der Waals surface area contributed by atoms with Crippen molar-refractivity contribution in [3.63, 3.8) is 0 Å². The molecule has 5 heteroatoms. The van der Waals surface area contributed by atoms with Gasteiger partial charge in [0.25, 0.3) is 5.91 Å². The molecular formula is C21H18N2O3. The van der Waals surface area contributed by atoms with E-state index in [-0.39, 0.29) is 5.91 Å². The van der Waals surface area contributed by atoms with Crippen LogP contribution in [-0.4, -0.2) is 11.1 Å². The molecule has 130 valence electrons. The van der Waals surface area contributed by atoms with Gasteiger partial charge in [0.15, 0.2) is 0 Å². The molecule has 26 heavy (non-hydrogen) atoms. The lowest BCUT2D eigenvalue weighted by atomic mass is 10.1. The van der Waals surface area contributed by atoms with Crippen molar-refractivity contribution >= 4 is 11.6 Å². The van der Waals surface area contributed by atoms with E-state index in [0.717, 1.165) is 17.0 Å². The minimum Gasteiger partial charge on any atom is -0.489 e. The highest BCUT2D eigenvalue weighted by Gasteiger charge is 2.10. The van der Waals surface area contributed by atoms with E-state index in [1.54, 1.807) is 48.5 Å². The first-order valence-corrected chi connectivity index (χ1v) is 8.09. The van der Waals surface area contributed by atoms with Crippen LogP contribution in [0, 0.1) is 26.2 Å². The number of terminal acetylenes is 1. The molecule has 0 unspecified atom stereocenters. The van der Waals surface area contributed by atoms with Gasteiger partial charge in [0, 0.05) is 16.8 Å². The molecule has 0 fully saturated rings. The highest BCUT2D eigenvalue weighted by atomic mass is 16.5. The van der Waals surface area contributed by atoms with Crippen molar-refractivity contribution in [3.8, 4) is 18.1 Å². The van der Waals surface area contributed by atoms with Crippen molar-refractivity contribution in [2.45, 2.75) is 20.5 Å². The molecule has 3 rings (SSSR count). The number of anilines is 1. The molecule has 1 N–H and O–H groups in total. The average molecular weight is 346 g/mol. The maximum atomic E-state index is 12.3. The maximum Gasteiger partial charge on any atom is 0.255 e. The lowest BCUT2D eigenvalue weighted by Crippen LogP contribution is -2.11. The van der Waals surface area contributed by atoms with Crippen LogP contribution in [0.4, 0.5) is 5.69 Å². The fourth-order valence-electron chi connectivity index (χ4n) is 2.46. The van der Waals surface area contributed by atoms with E-state index in [1.807, 2.05) is 13.8 Å². The van der Waals surface area contributed by atoms with E-state index in [1.165, 1.54) is 0 Å². The summed E-state index contributed by atoms with van der Waals surface area (Å²) in [5.74, 6) is 3.74. The van der Waals surface area contributed by atoms with Gasteiger partial charge < -0.3 is 14.6 Å². The highest BCUT2D eigenvalue weighted by molar-refractivity contribution is 6.04. The van der Waals surface area contributed by atoms with Gasteiger partial charge in [0.2, 0.25) is 0 Å². The molecule has 0 aliphatic rings. The molecule has 0 saturated carbocycles. The van der Waals surface area contributed by atoms with Crippen molar-refractivity contribution < 1.29 is 14.1 Å². The number of carbonyl (C=O) groups is 1. The van der Waals surface area contributed by atoms with Gasteiger partial charge in [-0.15, -0.1) is 6.42 Å². The first-order valence-electron chi connectivity index (χ1n) is 8.09. The number of amides is 1. The Kier molecular flexibility index (Phi) is 5.04. The second-order valence-electron chi connectivity index (χ2n) is 5.80. The number of rotatable bonds is 5. The van der Waals surface area contributed by atoms with Gasteiger partial charge in [-0.1, -0.05) is 17.1 Å². The first-order chi connectivity index (χ1) is 12.6. The standard InChI is InChI=1S/C21H18N2O3/c1-4-16-6-5-7-18(12-16)22-21(24)17-8-10-19(11-9-17)25-13-20-14(2)23-26-15(20)3/h1,5-12H,13H2,2-3H3,(H,22,24). The normalized spacial score (nSPS) is 10.2. The molecule has 0 radical (unpaired) electrons. The van der Waals surface area contributed by atoms with Gasteiger partial charge in [-0.2, -0.15) is 0 Å². The number of benzene rings is 2. The van der Waals surface area contributed by atoms with Crippen molar-refractivity contribution in [3.05, 3.63) is 76.7 Å². The van der Waals surface area contributed by atoms with Crippen molar-refractivity contribution in [2.24, 2.45) is 0 Å². The van der Waals surface area contributed by atoms with E-state index in [2.05, 4.69) is 16.4 Å². The van der Waals surface area contributed by atoms with Gasteiger partial charge in [-0.3, -0.25) is 4.79 Å². The van der Waals surface area contributed by atoms with E-state index in [4.69, 9.17) is 15.7 Å². The Labute approximate surface area is 152 Å². The van der Waals surface area contributed by atoms with Gasteiger partial charge in [-0.05, 0) is 56.3 Å². The Morgan fingerprint density at radius 1 is 1.23 bits per heavy atom. The Morgan fingerprint density at radius 2 is 2.00 bits per heavy atom. The summed E-state index contributed by atoms with van der Waals surface area (Å²) < 4.78 is 10.9. The number of ether oxygens (including phenoxy) is 1. The lowest BCUT2D eigenvalue weighted by molar-refractivity contribution is 0.102. The Bertz CT molecular complexity index is 946. The third-order valence-electron chi connectivity index (χ3n) is 3.97. The number of aromatic nitrogens is 1. The van der Waals surface area contributed by atoms with Crippen molar-refractivity contribution in [1.82, 2.24) is 5.16 Å². The molecule has 1 amide bonds. The number of carbonyl (C=O) groups excluding carboxylic acids is 1. The molecule has 0 bridgehead atoms. The summed E-state index contributed by atoms with van der Waals surface area (Å²) >= 11 is 0. The van der Waals surface area contributed by atoms with Crippen LogP contribution < -0.4 is 10.1 Å². The van der Waals surface area contributed by atoms with Crippen LogP contribution in [0.15, 0.2) is 53.1 Å². The summed E-state index contributed by atoms with van der Waals surface area (Å²) in [6.45, 7) is 4.09. The van der Waals surface area contributed by atoms with Crippen LogP contribution >= 0.6 is 0 Å². The molecule has 2 aromatic carbocycles. The van der Waals surface area contributed by atoms with Crippen LogP contribution in [0.25, 0.3) is 0 Å². The summed E-state index contributed by atoms with van der Waals surface area (Å²) in [5, 5.41) is 6.72.